The first-order valence-electron chi connectivity index (χ1n) is 5.06. The number of nitriles is 1. The number of carboxylic acid groups (broad SMARTS) is 1. The van der Waals surface area contributed by atoms with E-state index < -0.39 is 11.5 Å². The summed E-state index contributed by atoms with van der Waals surface area (Å²) in [6, 6.07) is 6.71. The van der Waals surface area contributed by atoms with E-state index in [-0.39, 0.29) is 5.82 Å². The minimum absolute atomic E-state index is 0.0848. The third kappa shape index (κ3) is 1.69. The largest absolute Gasteiger partial charge is 0.479 e. The lowest BCUT2D eigenvalue weighted by molar-refractivity contribution is -0.145. The van der Waals surface area contributed by atoms with Crippen molar-refractivity contribution in [1.29, 1.82) is 5.26 Å². The average Bonchev–Trinajstić information content (AvgIpc) is 2.87. The minimum atomic E-state index is -1.50. The van der Waals surface area contributed by atoms with Crippen LogP contribution in [0.3, 0.4) is 0 Å². The Hall–Kier alpha value is -2.75. The molecule has 90 valence electrons. The van der Waals surface area contributed by atoms with Crippen LogP contribution >= 0.6 is 0 Å². The molecule has 1 atom stereocenters. The van der Waals surface area contributed by atoms with Gasteiger partial charge in [0.15, 0.2) is 5.54 Å². The number of hydrogen-bond acceptors (Lipinski definition) is 5. The average molecular weight is 243 g/mol. The molecule has 0 aliphatic heterocycles. The summed E-state index contributed by atoms with van der Waals surface area (Å²) in [6.07, 6.45) is 2.71. The summed E-state index contributed by atoms with van der Waals surface area (Å²) in [5, 5.41) is 21.9. The lowest BCUT2D eigenvalue weighted by atomic mass is 9.98. The summed E-state index contributed by atoms with van der Waals surface area (Å²) in [5.41, 5.74) is -1.18. The van der Waals surface area contributed by atoms with Gasteiger partial charge in [0, 0.05) is 6.20 Å². The lowest BCUT2D eigenvalue weighted by Gasteiger charge is -2.23. The number of nitrogens with zero attached hydrogens (tertiary/aromatic N) is 5. The van der Waals surface area contributed by atoms with Gasteiger partial charge in [0.05, 0.1) is 5.69 Å². The molecular weight excluding hydrogens is 234 g/mol. The molecule has 0 saturated heterocycles. The Kier molecular flexibility index (Phi) is 2.77. The third-order valence-electron chi connectivity index (χ3n) is 2.63. The molecule has 0 aromatic carbocycles. The van der Waals surface area contributed by atoms with Gasteiger partial charge in [-0.05, 0) is 19.1 Å². The van der Waals surface area contributed by atoms with Crippen molar-refractivity contribution >= 4 is 5.97 Å². The molecule has 7 nitrogen and oxygen atoms in total. The van der Waals surface area contributed by atoms with Gasteiger partial charge in [0.1, 0.15) is 12.4 Å². The Morgan fingerprint density at radius 3 is 2.78 bits per heavy atom. The van der Waals surface area contributed by atoms with Gasteiger partial charge in [0.25, 0.3) is 5.82 Å². The highest BCUT2D eigenvalue weighted by Gasteiger charge is 2.40. The monoisotopic (exact) mass is 243 g/mol. The zero-order chi connectivity index (χ0) is 13.2. The molecular formula is C11H9N5O2. The van der Waals surface area contributed by atoms with E-state index in [0.29, 0.717) is 5.69 Å². The first-order chi connectivity index (χ1) is 8.59. The summed E-state index contributed by atoms with van der Waals surface area (Å²) < 4.78 is 1.12. The van der Waals surface area contributed by atoms with Gasteiger partial charge < -0.3 is 5.11 Å². The van der Waals surface area contributed by atoms with Crippen molar-refractivity contribution in [1.82, 2.24) is 19.7 Å². The molecule has 1 N–H and O–H groups in total. The van der Waals surface area contributed by atoms with Crippen LogP contribution in [0, 0.1) is 11.3 Å². The summed E-state index contributed by atoms with van der Waals surface area (Å²) in [4.78, 5) is 19.2. The molecule has 0 aliphatic rings. The first-order valence-corrected chi connectivity index (χ1v) is 5.06. The van der Waals surface area contributed by atoms with E-state index in [1.54, 1.807) is 24.3 Å². The molecule has 7 heteroatoms. The maximum absolute atomic E-state index is 11.5. The molecule has 2 aromatic rings. The summed E-state index contributed by atoms with van der Waals surface area (Å²) in [5.74, 6) is -1.21. The third-order valence-corrected chi connectivity index (χ3v) is 2.63. The normalized spacial score (nSPS) is 13.6. The smallest absolute Gasteiger partial charge is 0.337 e. The fourth-order valence-corrected chi connectivity index (χ4v) is 1.51. The minimum Gasteiger partial charge on any atom is -0.479 e. The second-order valence-electron chi connectivity index (χ2n) is 3.72. The van der Waals surface area contributed by atoms with E-state index in [0.717, 1.165) is 4.68 Å². The van der Waals surface area contributed by atoms with E-state index in [1.807, 2.05) is 0 Å². The molecule has 2 aromatic heterocycles. The van der Waals surface area contributed by atoms with Crippen LogP contribution in [0.4, 0.5) is 0 Å². The highest BCUT2D eigenvalue weighted by Crippen LogP contribution is 2.23. The second-order valence-corrected chi connectivity index (χ2v) is 3.72. The summed E-state index contributed by atoms with van der Waals surface area (Å²) >= 11 is 0. The van der Waals surface area contributed by atoms with E-state index in [9.17, 15) is 9.90 Å². The van der Waals surface area contributed by atoms with Crippen molar-refractivity contribution < 1.29 is 9.90 Å². The van der Waals surface area contributed by atoms with Gasteiger partial charge in [-0.15, -0.1) is 5.10 Å². The van der Waals surface area contributed by atoms with Gasteiger partial charge in [-0.2, -0.15) is 5.26 Å². The Balaban J connectivity index is 2.59. The summed E-state index contributed by atoms with van der Waals surface area (Å²) in [6.45, 7) is 1.45. The molecule has 0 amide bonds. The topological polar surface area (TPSA) is 105 Å². The number of aliphatic carboxylic acids is 1. The van der Waals surface area contributed by atoms with E-state index in [1.165, 1.54) is 19.4 Å². The highest BCUT2D eigenvalue weighted by atomic mass is 16.4. The lowest BCUT2D eigenvalue weighted by Crippen LogP contribution is -2.41. The number of rotatable bonds is 3. The standard InChI is InChI=1S/C11H9N5O2/c1-11(10(17)18,8-4-2-3-5-13-8)16-7-14-9(6-12)15-16/h2-5,7H,1H3,(H,17,18). The van der Waals surface area contributed by atoms with Gasteiger partial charge in [-0.25, -0.2) is 14.5 Å². The Bertz CT molecular complexity index is 616. The quantitative estimate of drug-likeness (QED) is 0.836. The maximum atomic E-state index is 11.5. The van der Waals surface area contributed by atoms with Crippen LogP contribution in [0.15, 0.2) is 30.7 Å². The van der Waals surface area contributed by atoms with Crippen LogP contribution in [0.25, 0.3) is 0 Å². The van der Waals surface area contributed by atoms with Crippen molar-refractivity contribution in [2.75, 3.05) is 0 Å². The predicted molar refractivity (Wildman–Crippen MR) is 59.4 cm³/mol. The zero-order valence-electron chi connectivity index (χ0n) is 9.48. The molecule has 0 spiro atoms. The van der Waals surface area contributed by atoms with E-state index in [4.69, 9.17) is 5.26 Å². The molecule has 0 bridgehead atoms. The van der Waals surface area contributed by atoms with Crippen molar-refractivity contribution in [3.8, 4) is 6.07 Å². The molecule has 0 saturated carbocycles. The van der Waals surface area contributed by atoms with Crippen molar-refractivity contribution in [3.05, 3.63) is 42.2 Å². The van der Waals surface area contributed by atoms with Gasteiger partial charge in [-0.1, -0.05) is 6.07 Å². The van der Waals surface area contributed by atoms with Crippen molar-refractivity contribution in [2.24, 2.45) is 0 Å². The van der Waals surface area contributed by atoms with E-state index >= 15 is 0 Å². The van der Waals surface area contributed by atoms with E-state index in [2.05, 4.69) is 15.1 Å². The number of aromatic nitrogens is 4. The fourth-order valence-electron chi connectivity index (χ4n) is 1.51. The molecule has 2 rings (SSSR count). The van der Waals surface area contributed by atoms with Crippen LogP contribution in [-0.4, -0.2) is 30.8 Å². The number of carbonyl (C=O) groups is 1. The molecule has 0 radical (unpaired) electrons. The van der Waals surface area contributed by atoms with Crippen molar-refractivity contribution in [3.63, 3.8) is 0 Å². The molecule has 1 unspecified atom stereocenters. The molecule has 18 heavy (non-hydrogen) atoms. The first kappa shape index (κ1) is 11.7. The van der Waals surface area contributed by atoms with Gasteiger partial charge in [-0.3, -0.25) is 4.98 Å². The van der Waals surface area contributed by atoms with Crippen molar-refractivity contribution in [2.45, 2.75) is 12.5 Å². The van der Waals surface area contributed by atoms with Crippen LogP contribution in [0.1, 0.15) is 18.4 Å². The van der Waals surface area contributed by atoms with Crippen LogP contribution in [-0.2, 0) is 10.3 Å². The Morgan fingerprint density at radius 1 is 1.50 bits per heavy atom. The summed E-state index contributed by atoms with van der Waals surface area (Å²) in [7, 11) is 0. The number of carboxylic acids is 1. The molecule has 2 heterocycles. The number of pyridine rings is 1. The Morgan fingerprint density at radius 2 is 2.28 bits per heavy atom. The maximum Gasteiger partial charge on any atom is 0.337 e. The SMILES string of the molecule is CC(C(=O)O)(c1ccccn1)n1cnc(C#N)n1. The molecule has 0 aliphatic carbocycles. The van der Waals surface area contributed by atoms with Crippen LogP contribution < -0.4 is 0 Å². The Labute approximate surface area is 102 Å². The predicted octanol–water partition coefficient (Wildman–Crippen LogP) is 0.393. The van der Waals surface area contributed by atoms with Crippen LogP contribution in [0.2, 0.25) is 0 Å². The van der Waals surface area contributed by atoms with Crippen LogP contribution in [0.5, 0.6) is 0 Å². The number of hydrogen-bond donors (Lipinski definition) is 1. The highest BCUT2D eigenvalue weighted by molar-refractivity contribution is 5.79. The fraction of sp³-hybridized carbons (Fsp3) is 0.182. The van der Waals surface area contributed by atoms with Gasteiger partial charge >= 0.3 is 5.97 Å². The second kappa shape index (κ2) is 4.25. The van der Waals surface area contributed by atoms with Gasteiger partial charge in [0.2, 0.25) is 0 Å². The zero-order valence-corrected chi connectivity index (χ0v) is 9.48. The molecule has 0 fully saturated rings.